The molecule has 142 valence electrons. The van der Waals surface area contributed by atoms with Crippen LogP contribution in [0.2, 0.25) is 0 Å². The summed E-state index contributed by atoms with van der Waals surface area (Å²) in [5.41, 5.74) is 1.58. The highest BCUT2D eigenvalue weighted by atomic mass is 32.2. The van der Waals surface area contributed by atoms with Crippen molar-refractivity contribution >= 4 is 20.8 Å². The molecule has 6 heteroatoms. The maximum atomic E-state index is 12.8. The number of hydrogen-bond acceptors (Lipinski definition) is 4. The van der Waals surface area contributed by atoms with Crippen LogP contribution in [-0.2, 0) is 16.4 Å². The molecular formula is C21H23NO4S. The summed E-state index contributed by atoms with van der Waals surface area (Å²) < 4.78 is 33.3. The Bertz CT molecular complexity index is 1040. The number of fused-ring (bicyclic) bond motifs is 1. The first kappa shape index (κ1) is 19.4. The van der Waals surface area contributed by atoms with E-state index in [-0.39, 0.29) is 17.2 Å². The van der Waals surface area contributed by atoms with Gasteiger partial charge in [-0.25, -0.2) is 13.1 Å². The second-order valence-corrected chi connectivity index (χ2v) is 8.01. The van der Waals surface area contributed by atoms with Crippen LogP contribution >= 0.6 is 0 Å². The van der Waals surface area contributed by atoms with Crippen molar-refractivity contribution in [2.24, 2.45) is 0 Å². The van der Waals surface area contributed by atoms with Gasteiger partial charge in [0.15, 0.2) is 0 Å². The van der Waals surface area contributed by atoms with Crippen LogP contribution in [0.25, 0.3) is 10.8 Å². The molecule has 0 aliphatic carbocycles. The minimum Gasteiger partial charge on any atom is -0.495 e. The third-order valence-corrected chi connectivity index (χ3v) is 6.02. The molecule has 0 saturated carbocycles. The Morgan fingerprint density at radius 3 is 2.56 bits per heavy atom. The molecule has 0 aromatic heterocycles. The van der Waals surface area contributed by atoms with E-state index in [0.717, 1.165) is 16.3 Å². The molecule has 0 radical (unpaired) electrons. The topological polar surface area (TPSA) is 75.6 Å². The average Bonchev–Trinajstić information content (AvgIpc) is 2.71. The molecular weight excluding hydrogens is 362 g/mol. The Morgan fingerprint density at radius 2 is 1.81 bits per heavy atom. The fourth-order valence-corrected chi connectivity index (χ4v) is 4.32. The Kier molecular flexibility index (Phi) is 5.79. The van der Waals surface area contributed by atoms with Crippen molar-refractivity contribution in [1.29, 1.82) is 0 Å². The summed E-state index contributed by atoms with van der Waals surface area (Å²) in [6.45, 7) is 1.83. The van der Waals surface area contributed by atoms with Crippen molar-refractivity contribution in [2.75, 3.05) is 13.7 Å². The van der Waals surface area contributed by atoms with Crippen molar-refractivity contribution in [3.05, 3.63) is 71.8 Å². The highest BCUT2D eigenvalue weighted by Gasteiger charge is 2.22. The van der Waals surface area contributed by atoms with Crippen molar-refractivity contribution < 1.29 is 18.3 Å². The zero-order valence-corrected chi connectivity index (χ0v) is 16.2. The summed E-state index contributed by atoms with van der Waals surface area (Å²) in [6, 6.07) is 18.4. The lowest BCUT2D eigenvalue weighted by atomic mass is 10.0. The summed E-state index contributed by atoms with van der Waals surface area (Å²) in [7, 11) is -2.39. The molecule has 0 aliphatic heterocycles. The molecule has 0 aliphatic rings. The lowest BCUT2D eigenvalue weighted by molar-refractivity contribution is 0.183. The normalized spacial score (nSPS) is 12.9. The third kappa shape index (κ3) is 4.13. The second-order valence-electron chi connectivity index (χ2n) is 6.27. The van der Waals surface area contributed by atoms with Crippen LogP contribution in [0.15, 0.2) is 65.6 Å². The van der Waals surface area contributed by atoms with E-state index in [2.05, 4.69) is 4.72 Å². The number of rotatable bonds is 7. The van der Waals surface area contributed by atoms with Crippen LogP contribution in [0, 0.1) is 0 Å². The van der Waals surface area contributed by atoms with E-state index < -0.39 is 16.1 Å². The van der Waals surface area contributed by atoms with Gasteiger partial charge in [-0.2, -0.15) is 0 Å². The first-order chi connectivity index (χ1) is 13.0. The van der Waals surface area contributed by atoms with Crippen molar-refractivity contribution in [2.45, 2.75) is 24.3 Å². The van der Waals surface area contributed by atoms with Gasteiger partial charge in [-0.3, -0.25) is 0 Å². The smallest absolute Gasteiger partial charge is 0.244 e. The Hall–Kier alpha value is -2.41. The molecule has 3 aromatic rings. The van der Waals surface area contributed by atoms with Gasteiger partial charge < -0.3 is 9.84 Å². The number of methoxy groups -OCH3 is 1. The van der Waals surface area contributed by atoms with Crippen LogP contribution in [-0.4, -0.2) is 27.2 Å². The number of aliphatic hydroxyl groups is 1. The lowest BCUT2D eigenvalue weighted by Gasteiger charge is -2.16. The van der Waals surface area contributed by atoms with Gasteiger partial charge in [0.2, 0.25) is 10.0 Å². The van der Waals surface area contributed by atoms with Crippen LogP contribution in [0.3, 0.4) is 0 Å². The molecule has 2 N–H and O–H groups in total. The van der Waals surface area contributed by atoms with Gasteiger partial charge in [0.05, 0.1) is 13.2 Å². The van der Waals surface area contributed by atoms with E-state index in [0.29, 0.717) is 12.0 Å². The molecule has 3 aromatic carbocycles. The summed E-state index contributed by atoms with van der Waals surface area (Å²) in [4.78, 5) is 0.0782. The fraction of sp³-hybridized carbons (Fsp3) is 0.238. The number of aliphatic hydroxyl groups excluding tert-OH is 1. The van der Waals surface area contributed by atoms with Gasteiger partial charge in [0.25, 0.3) is 0 Å². The second kappa shape index (κ2) is 8.08. The summed E-state index contributed by atoms with van der Waals surface area (Å²) in [5, 5.41) is 12.5. The van der Waals surface area contributed by atoms with Gasteiger partial charge >= 0.3 is 0 Å². The zero-order chi connectivity index (χ0) is 19.4. The molecule has 0 amide bonds. The van der Waals surface area contributed by atoms with E-state index in [9.17, 15) is 13.5 Å². The Labute approximate surface area is 159 Å². The molecule has 3 rings (SSSR count). The molecule has 0 heterocycles. The van der Waals surface area contributed by atoms with E-state index >= 15 is 0 Å². The summed E-state index contributed by atoms with van der Waals surface area (Å²) >= 11 is 0. The van der Waals surface area contributed by atoms with E-state index in [1.165, 1.54) is 7.11 Å². The molecule has 0 bridgehead atoms. The molecule has 0 saturated heterocycles. The van der Waals surface area contributed by atoms with Gasteiger partial charge in [0, 0.05) is 6.54 Å². The predicted octanol–water partition coefficient (Wildman–Crippen LogP) is 3.42. The number of ether oxygens (including phenoxy) is 1. The summed E-state index contributed by atoms with van der Waals surface area (Å²) in [6.07, 6.45) is -0.253. The predicted molar refractivity (Wildman–Crippen MR) is 106 cm³/mol. The monoisotopic (exact) mass is 385 g/mol. The average molecular weight is 385 g/mol. The fourth-order valence-electron chi connectivity index (χ4n) is 3.07. The molecule has 5 nitrogen and oxygen atoms in total. The molecule has 0 spiro atoms. The zero-order valence-electron chi connectivity index (χ0n) is 15.3. The maximum absolute atomic E-state index is 12.8. The van der Waals surface area contributed by atoms with Crippen LogP contribution in [0.5, 0.6) is 5.75 Å². The van der Waals surface area contributed by atoms with Crippen LogP contribution < -0.4 is 9.46 Å². The maximum Gasteiger partial charge on any atom is 0.244 e. The van der Waals surface area contributed by atoms with Gasteiger partial charge in [-0.1, -0.05) is 55.5 Å². The molecule has 1 unspecified atom stereocenters. The number of hydrogen-bond donors (Lipinski definition) is 2. The highest BCUT2D eigenvalue weighted by Crippen LogP contribution is 2.27. The SMILES string of the molecule is CCc1ccc(OC)c(S(=O)(=O)NCC(O)c2cccc3ccccc23)c1. The van der Waals surface area contributed by atoms with Crippen LogP contribution in [0.4, 0.5) is 0 Å². The first-order valence-electron chi connectivity index (χ1n) is 8.78. The van der Waals surface area contributed by atoms with Gasteiger partial charge in [-0.05, 0) is 40.5 Å². The number of benzene rings is 3. The molecule has 27 heavy (non-hydrogen) atoms. The number of sulfonamides is 1. The highest BCUT2D eigenvalue weighted by molar-refractivity contribution is 7.89. The Balaban J connectivity index is 1.85. The van der Waals surface area contributed by atoms with Crippen molar-refractivity contribution in [1.82, 2.24) is 4.72 Å². The molecule has 0 fully saturated rings. The number of aryl methyl sites for hydroxylation is 1. The Morgan fingerprint density at radius 1 is 1.07 bits per heavy atom. The minimum atomic E-state index is -3.83. The van der Waals surface area contributed by atoms with Gasteiger partial charge in [0.1, 0.15) is 10.6 Å². The van der Waals surface area contributed by atoms with E-state index in [1.54, 1.807) is 18.2 Å². The minimum absolute atomic E-state index is 0.0782. The lowest BCUT2D eigenvalue weighted by Crippen LogP contribution is -2.29. The third-order valence-electron chi connectivity index (χ3n) is 4.57. The van der Waals surface area contributed by atoms with Crippen molar-refractivity contribution in [3.8, 4) is 5.75 Å². The summed E-state index contributed by atoms with van der Waals surface area (Å²) in [5.74, 6) is 0.277. The van der Waals surface area contributed by atoms with E-state index in [4.69, 9.17) is 4.74 Å². The first-order valence-corrected chi connectivity index (χ1v) is 10.3. The standard InChI is InChI=1S/C21H23NO4S/c1-3-15-11-12-20(26-2)21(13-15)27(24,25)22-14-19(23)18-10-6-8-16-7-4-5-9-17(16)18/h4-13,19,22-23H,3,14H2,1-2H3. The van der Waals surface area contributed by atoms with E-state index in [1.807, 2.05) is 49.4 Å². The molecule has 1 atom stereocenters. The van der Waals surface area contributed by atoms with Crippen molar-refractivity contribution in [3.63, 3.8) is 0 Å². The van der Waals surface area contributed by atoms with Gasteiger partial charge in [-0.15, -0.1) is 0 Å². The van der Waals surface area contributed by atoms with Crippen LogP contribution in [0.1, 0.15) is 24.2 Å². The quantitative estimate of drug-likeness (QED) is 0.653. The largest absolute Gasteiger partial charge is 0.495 e. The number of nitrogens with one attached hydrogen (secondary N) is 1.